The Morgan fingerprint density at radius 1 is 1.32 bits per heavy atom. The monoisotopic (exact) mass is 304 g/mol. The van der Waals surface area contributed by atoms with Crippen LogP contribution in [0.4, 0.5) is 0 Å². The SMILES string of the molecule is CNC(CCC(=O)O)(NC(=O)c1ccccc1)c1nnn[nH]1. The Morgan fingerprint density at radius 3 is 2.59 bits per heavy atom. The zero-order chi connectivity index (χ0) is 16.0. The second kappa shape index (κ2) is 6.76. The molecular weight excluding hydrogens is 288 g/mol. The van der Waals surface area contributed by atoms with Crippen molar-refractivity contribution in [3.63, 3.8) is 0 Å². The van der Waals surface area contributed by atoms with Crippen molar-refractivity contribution in [2.24, 2.45) is 0 Å². The number of rotatable bonds is 7. The van der Waals surface area contributed by atoms with Gasteiger partial charge >= 0.3 is 5.97 Å². The summed E-state index contributed by atoms with van der Waals surface area (Å²) in [5.41, 5.74) is -0.751. The minimum atomic E-state index is -1.20. The second-order valence-corrected chi connectivity index (χ2v) is 4.62. The van der Waals surface area contributed by atoms with E-state index in [9.17, 15) is 9.59 Å². The third-order valence-electron chi connectivity index (χ3n) is 3.25. The third kappa shape index (κ3) is 3.44. The van der Waals surface area contributed by atoms with Gasteiger partial charge in [0.2, 0.25) is 0 Å². The molecule has 0 aliphatic carbocycles. The topological polar surface area (TPSA) is 133 Å². The van der Waals surface area contributed by atoms with Crippen LogP contribution in [-0.2, 0) is 10.5 Å². The largest absolute Gasteiger partial charge is 0.481 e. The molecule has 116 valence electrons. The number of tetrazole rings is 1. The number of carboxylic acid groups (broad SMARTS) is 1. The van der Waals surface area contributed by atoms with E-state index in [4.69, 9.17) is 5.11 Å². The van der Waals surface area contributed by atoms with Crippen LogP contribution in [-0.4, -0.2) is 44.7 Å². The molecule has 9 nitrogen and oxygen atoms in total. The fraction of sp³-hybridized carbons (Fsp3) is 0.308. The molecule has 0 aliphatic rings. The molecule has 0 saturated carbocycles. The van der Waals surface area contributed by atoms with Crippen molar-refractivity contribution in [3.8, 4) is 0 Å². The van der Waals surface area contributed by atoms with Crippen molar-refractivity contribution in [1.82, 2.24) is 31.3 Å². The van der Waals surface area contributed by atoms with Gasteiger partial charge in [-0.1, -0.05) is 18.2 Å². The molecule has 1 aromatic carbocycles. The van der Waals surface area contributed by atoms with Crippen molar-refractivity contribution in [3.05, 3.63) is 41.7 Å². The molecule has 22 heavy (non-hydrogen) atoms. The number of hydrogen-bond acceptors (Lipinski definition) is 6. The number of amides is 1. The molecule has 9 heteroatoms. The van der Waals surface area contributed by atoms with Crippen molar-refractivity contribution in [2.45, 2.75) is 18.5 Å². The smallest absolute Gasteiger partial charge is 0.303 e. The molecule has 1 aromatic heterocycles. The Kier molecular flexibility index (Phi) is 4.79. The average molecular weight is 304 g/mol. The second-order valence-electron chi connectivity index (χ2n) is 4.62. The molecule has 0 saturated heterocycles. The number of aromatic amines is 1. The summed E-state index contributed by atoms with van der Waals surface area (Å²) in [6, 6.07) is 8.59. The van der Waals surface area contributed by atoms with Crippen LogP contribution in [0.3, 0.4) is 0 Å². The van der Waals surface area contributed by atoms with Crippen molar-refractivity contribution < 1.29 is 14.7 Å². The first-order valence-corrected chi connectivity index (χ1v) is 6.60. The quantitative estimate of drug-likeness (QED) is 0.523. The van der Waals surface area contributed by atoms with Crippen LogP contribution in [0.15, 0.2) is 30.3 Å². The molecule has 2 rings (SSSR count). The van der Waals surface area contributed by atoms with Gasteiger partial charge in [0.05, 0.1) is 0 Å². The van der Waals surface area contributed by atoms with Crippen molar-refractivity contribution in [2.75, 3.05) is 7.05 Å². The highest BCUT2D eigenvalue weighted by Crippen LogP contribution is 2.20. The molecule has 0 fully saturated rings. The van der Waals surface area contributed by atoms with E-state index in [1.807, 2.05) is 0 Å². The summed E-state index contributed by atoms with van der Waals surface area (Å²) in [5.74, 6) is -1.11. The van der Waals surface area contributed by atoms with Gasteiger partial charge in [-0.05, 0) is 29.6 Å². The highest BCUT2D eigenvalue weighted by molar-refractivity contribution is 5.94. The van der Waals surface area contributed by atoms with Crippen LogP contribution >= 0.6 is 0 Å². The number of aromatic nitrogens is 4. The van der Waals surface area contributed by atoms with E-state index < -0.39 is 11.6 Å². The fourth-order valence-corrected chi connectivity index (χ4v) is 2.04. The Bertz CT molecular complexity index is 630. The summed E-state index contributed by atoms with van der Waals surface area (Å²) < 4.78 is 0. The molecule has 1 atom stereocenters. The molecule has 4 N–H and O–H groups in total. The number of hydrogen-bond donors (Lipinski definition) is 4. The number of H-pyrrole nitrogens is 1. The van der Waals surface area contributed by atoms with E-state index in [-0.39, 0.29) is 24.6 Å². The number of carbonyl (C=O) groups excluding carboxylic acids is 1. The standard InChI is InChI=1S/C13H16N6O3/c1-14-13(8-7-10(20)21,12-16-18-19-17-12)15-11(22)9-5-3-2-4-6-9/h2-6,14H,7-8H2,1H3,(H,15,22)(H,20,21)(H,16,17,18,19). The summed E-state index contributed by atoms with van der Waals surface area (Å²) in [6.45, 7) is 0. The Hall–Kier alpha value is -2.81. The van der Waals surface area contributed by atoms with Gasteiger partial charge in [0.15, 0.2) is 11.5 Å². The molecule has 0 radical (unpaired) electrons. The molecule has 0 aliphatic heterocycles. The lowest BCUT2D eigenvalue weighted by atomic mass is 10.0. The number of nitrogens with zero attached hydrogens (tertiary/aromatic N) is 3. The normalized spacial score (nSPS) is 13.3. The predicted octanol–water partition coefficient (Wildman–Crippen LogP) is -0.133. The van der Waals surface area contributed by atoms with E-state index >= 15 is 0 Å². The first-order valence-electron chi connectivity index (χ1n) is 6.60. The highest BCUT2D eigenvalue weighted by Gasteiger charge is 2.36. The van der Waals surface area contributed by atoms with Crippen LogP contribution in [0, 0.1) is 0 Å². The van der Waals surface area contributed by atoms with Crippen LogP contribution in [0.2, 0.25) is 0 Å². The first kappa shape index (κ1) is 15.6. The maximum atomic E-state index is 12.4. The van der Waals surface area contributed by atoms with E-state index in [0.717, 1.165) is 0 Å². The van der Waals surface area contributed by atoms with Gasteiger partial charge in [-0.25, -0.2) is 5.10 Å². The van der Waals surface area contributed by atoms with Gasteiger partial charge in [0.25, 0.3) is 5.91 Å². The number of nitrogens with one attached hydrogen (secondary N) is 3. The lowest BCUT2D eigenvalue weighted by molar-refractivity contribution is -0.137. The van der Waals surface area contributed by atoms with Gasteiger partial charge in [0.1, 0.15) is 0 Å². The average Bonchev–Trinajstić information content (AvgIpc) is 3.07. The summed E-state index contributed by atoms with van der Waals surface area (Å²) in [5, 5.41) is 27.9. The Balaban J connectivity index is 2.27. The Morgan fingerprint density at radius 2 is 2.05 bits per heavy atom. The minimum absolute atomic E-state index is 0.0777. The number of benzene rings is 1. The molecular formula is C13H16N6O3. The van der Waals surface area contributed by atoms with E-state index in [2.05, 4.69) is 31.3 Å². The van der Waals surface area contributed by atoms with Crippen LogP contribution in [0.25, 0.3) is 0 Å². The molecule has 2 aromatic rings. The Labute approximate surface area is 126 Å². The third-order valence-corrected chi connectivity index (χ3v) is 3.25. The first-order chi connectivity index (χ1) is 10.6. The van der Waals surface area contributed by atoms with Crippen LogP contribution in [0.5, 0.6) is 0 Å². The maximum Gasteiger partial charge on any atom is 0.303 e. The summed E-state index contributed by atoms with van der Waals surface area (Å²) in [4.78, 5) is 23.3. The van der Waals surface area contributed by atoms with Crippen LogP contribution in [0.1, 0.15) is 29.0 Å². The van der Waals surface area contributed by atoms with E-state index in [1.165, 1.54) is 0 Å². The zero-order valence-electron chi connectivity index (χ0n) is 11.9. The lowest BCUT2D eigenvalue weighted by Crippen LogP contribution is -2.55. The summed E-state index contributed by atoms with van der Waals surface area (Å²) in [7, 11) is 1.59. The number of aliphatic carboxylic acids is 1. The minimum Gasteiger partial charge on any atom is -0.481 e. The molecule has 1 unspecified atom stereocenters. The zero-order valence-corrected chi connectivity index (χ0v) is 11.9. The van der Waals surface area contributed by atoms with Crippen LogP contribution < -0.4 is 10.6 Å². The van der Waals surface area contributed by atoms with Gasteiger partial charge in [-0.2, -0.15) is 0 Å². The van der Waals surface area contributed by atoms with Crippen molar-refractivity contribution in [1.29, 1.82) is 0 Å². The predicted molar refractivity (Wildman–Crippen MR) is 75.7 cm³/mol. The van der Waals surface area contributed by atoms with E-state index in [1.54, 1.807) is 37.4 Å². The molecule has 0 bridgehead atoms. The number of carboxylic acids is 1. The summed E-state index contributed by atoms with van der Waals surface area (Å²) in [6.07, 6.45) is -0.0924. The molecule has 0 spiro atoms. The highest BCUT2D eigenvalue weighted by atomic mass is 16.4. The summed E-state index contributed by atoms with van der Waals surface area (Å²) >= 11 is 0. The molecule has 1 amide bonds. The fourth-order valence-electron chi connectivity index (χ4n) is 2.04. The maximum absolute atomic E-state index is 12.4. The molecule has 1 heterocycles. The van der Waals surface area contributed by atoms with Gasteiger partial charge in [-0.3, -0.25) is 14.9 Å². The van der Waals surface area contributed by atoms with Crippen molar-refractivity contribution >= 4 is 11.9 Å². The van der Waals surface area contributed by atoms with Gasteiger partial charge < -0.3 is 10.4 Å². The van der Waals surface area contributed by atoms with Gasteiger partial charge in [0, 0.05) is 18.4 Å². The van der Waals surface area contributed by atoms with Gasteiger partial charge in [-0.15, -0.1) is 5.10 Å². The number of carbonyl (C=O) groups is 2. The van der Waals surface area contributed by atoms with E-state index in [0.29, 0.717) is 5.56 Å². The lowest BCUT2D eigenvalue weighted by Gasteiger charge is -2.31.